The molecule has 0 spiro atoms. The molecule has 1 heterocycles. The zero-order chi connectivity index (χ0) is 17.8. The molecule has 0 aliphatic heterocycles. The van der Waals surface area contributed by atoms with E-state index in [4.69, 9.17) is 14.5 Å². The van der Waals surface area contributed by atoms with Crippen molar-refractivity contribution >= 4 is 11.0 Å². The quantitative estimate of drug-likeness (QED) is 0.510. The lowest BCUT2D eigenvalue weighted by molar-refractivity contribution is 0.291. The summed E-state index contributed by atoms with van der Waals surface area (Å²) >= 11 is 0. The summed E-state index contributed by atoms with van der Waals surface area (Å²) in [7, 11) is 1.69. The molecule has 4 nitrogen and oxygen atoms in total. The molecule has 0 aliphatic rings. The number of nitrogens with zero attached hydrogens (tertiary/aromatic N) is 2. The van der Waals surface area contributed by atoms with E-state index in [9.17, 15) is 0 Å². The van der Waals surface area contributed by atoms with Crippen LogP contribution in [0.5, 0.6) is 11.5 Å². The van der Waals surface area contributed by atoms with Gasteiger partial charge in [0.1, 0.15) is 23.9 Å². The van der Waals surface area contributed by atoms with Gasteiger partial charge in [-0.3, -0.25) is 0 Å². The third-order valence-corrected chi connectivity index (χ3v) is 4.32. The van der Waals surface area contributed by atoms with E-state index in [1.807, 2.05) is 60.7 Å². The number of para-hydroxylation sites is 3. The zero-order valence-electron chi connectivity index (χ0n) is 14.6. The van der Waals surface area contributed by atoms with E-state index in [2.05, 4.69) is 22.8 Å². The molecule has 0 amide bonds. The molecule has 0 N–H and O–H groups in total. The molecule has 4 heteroatoms. The monoisotopic (exact) mass is 344 g/mol. The van der Waals surface area contributed by atoms with Crippen LogP contribution in [0.3, 0.4) is 0 Å². The van der Waals surface area contributed by atoms with Crippen LogP contribution < -0.4 is 9.47 Å². The highest BCUT2D eigenvalue weighted by atomic mass is 16.5. The topological polar surface area (TPSA) is 36.3 Å². The molecular weight excluding hydrogens is 324 g/mol. The average Bonchev–Trinajstić information content (AvgIpc) is 3.05. The van der Waals surface area contributed by atoms with Crippen molar-refractivity contribution in [2.45, 2.75) is 13.2 Å². The number of aromatic nitrogens is 2. The number of benzene rings is 3. The number of hydrogen-bond acceptors (Lipinski definition) is 3. The van der Waals surface area contributed by atoms with Gasteiger partial charge in [0.15, 0.2) is 0 Å². The summed E-state index contributed by atoms with van der Waals surface area (Å²) in [6.45, 7) is 1.13. The van der Waals surface area contributed by atoms with Crippen LogP contribution >= 0.6 is 0 Å². The first kappa shape index (κ1) is 16.2. The number of imidazole rings is 1. The molecule has 0 fully saturated rings. The summed E-state index contributed by atoms with van der Waals surface area (Å²) in [4.78, 5) is 4.77. The summed E-state index contributed by atoms with van der Waals surface area (Å²) in [6, 6.07) is 26.1. The lowest BCUT2D eigenvalue weighted by atomic mass is 10.2. The first-order valence-corrected chi connectivity index (χ1v) is 8.58. The highest BCUT2D eigenvalue weighted by molar-refractivity contribution is 5.76. The number of methoxy groups -OCH3 is 1. The lowest BCUT2D eigenvalue weighted by Crippen LogP contribution is -2.08. The number of rotatable bonds is 6. The second-order valence-electron chi connectivity index (χ2n) is 6.06. The van der Waals surface area contributed by atoms with Crippen LogP contribution in [-0.4, -0.2) is 16.7 Å². The Bertz CT molecular complexity index is 1010. The predicted octanol–water partition coefficient (Wildman–Crippen LogP) is 4.67. The normalized spacial score (nSPS) is 10.8. The fraction of sp³-hybridized carbons (Fsp3) is 0.136. The van der Waals surface area contributed by atoms with Crippen molar-refractivity contribution in [2.75, 3.05) is 7.11 Å². The van der Waals surface area contributed by atoms with Gasteiger partial charge in [-0.2, -0.15) is 0 Å². The van der Waals surface area contributed by atoms with Crippen molar-refractivity contribution in [1.82, 2.24) is 9.55 Å². The maximum absolute atomic E-state index is 5.94. The van der Waals surface area contributed by atoms with E-state index in [1.54, 1.807) is 7.11 Å². The maximum Gasteiger partial charge on any atom is 0.148 e. The Balaban J connectivity index is 1.67. The zero-order valence-corrected chi connectivity index (χ0v) is 14.6. The van der Waals surface area contributed by atoms with Crippen LogP contribution in [0, 0.1) is 0 Å². The van der Waals surface area contributed by atoms with Gasteiger partial charge in [-0.25, -0.2) is 4.98 Å². The summed E-state index contributed by atoms with van der Waals surface area (Å²) in [6.07, 6.45) is 0. The molecule has 130 valence electrons. The first-order valence-electron chi connectivity index (χ1n) is 8.58. The molecule has 3 aromatic carbocycles. The minimum atomic E-state index is 0.419. The molecule has 4 rings (SSSR count). The van der Waals surface area contributed by atoms with Gasteiger partial charge < -0.3 is 14.0 Å². The molecule has 0 saturated carbocycles. The van der Waals surface area contributed by atoms with Crippen molar-refractivity contribution in [3.63, 3.8) is 0 Å². The van der Waals surface area contributed by atoms with Crippen molar-refractivity contribution in [1.29, 1.82) is 0 Å². The van der Waals surface area contributed by atoms with Gasteiger partial charge in [0.25, 0.3) is 0 Å². The fourth-order valence-electron chi connectivity index (χ4n) is 3.03. The van der Waals surface area contributed by atoms with Gasteiger partial charge in [-0.15, -0.1) is 0 Å². The van der Waals surface area contributed by atoms with Gasteiger partial charge in [0.2, 0.25) is 0 Å². The Kier molecular flexibility index (Phi) is 4.56. The second kappa shape index (κ2) is 7.31. The van der Waals surface area contributed by atoms with Crippen LogP contribution in [0.15, 0.2) is 78.9 Å². The van der Waals surface area contributed by atoms with E-state index in [0.717, 1.165) is 33.9 Å². The predicted molar refractivity (Wildman–Crippen MR) is 103 cm³/mol. The summed E-state index contributed by atoms with van der Waals surface area (Å²) in [5.74, 6) is 2.60. The minimum absolute atomic E-state index is 0.419. The van der Waals surface area contributed by atoms with Crippen LogP contribution in [0.25, 0.3) is 11.0 Å². The van der Waals surface area contributed by atoms with E-state index >= 15 is 0 Å². The average molecular weight is 344 g/mol. The fourth-order valence-corrected chi connectivity index (χ4v) is 3.03. The van der Waals surface area contributed by atoms with Crippen LogP contribution in [0.2, 0.25) is 0 Å². The highest BCUT2D eigenvalue weighted by Crippen LogP contribution is 2.21. The van der Waals surface area contributed by atoms with Crippen molar-refractivity contribution < 1.29 is 9.47 Å². The van der Waals surface area contributed by atoms with Gasteiger partial charge >= 0.3 is 0 Å². The molecule has 1 aromatic heterocycles. The van der Waals surface area contributed by atoms with Crippen molar-refractivity contribution in [3.8, 4) is 11.5 Å². The standard InChI is InChI=1S/C22H20N2O2/c1-25-19-11-7-8-17(14-19)15-24-21-13-6-5-12-20(21)23-22(24)16-26-18-9-3-2-4-10-18/h2-14H,15-16H2,1H3. The van der Waals surface area contributed by atoms with Gasteiger partial charge in [0, 0.05) is 6.54 Å². The van der Waals surface area contributed by atoms with E-state index in [-0.39, 0.29) is 0 Å². The number of hydrogen-bond donors (Lipinski definition) is 0. The molecular formula is C22H20N2O2. The third kappa shape index (κ3) is 3.40. The Labute approximate surface area is 152 Å². The Hall–Kier alpha value is -3.27. The Morgan fingerprint density at radius 2 is 1.62 bits per heavy atom. The smallest absolute Gasteiger partial charge is 0.148 e. The molecule has 0 atom stereocenters. The molecule has 4 aromatic rings. The highest BCUT2D eigenvalue weighted by Gasteiger charge is 2.12. The van der Waals surface area contributed by atoms with Crippen LogP contribution in [-0.2, 0) is 13.2 Å². The third-order valence-electron chi connectivity index (χ3n) is 4.32. The van der Waals surface area contributed by atoms with Crippen LogP contribution in [0.4, 0.5) is 0 Å². The second-order valence-corrected chi connectivity index (χ2v) is 6.06. The van der Waals surface area contributed by atoms with Gasteiger partial charge in [-0.1, -0.05) is 42.5 Å². The molecule has 26 heavy (non-hydrogen) atoms. The van der Waals surface area contributed by atoms with E-state index < -0.39 is 0 Å². The van der Waals surface area contributed by atoms with Crippen LogP contribution in [0.1, 0.15) is 11.4 Å². The number of ether oxygens (including phenoxy) is 2. The maximum atomic E-state index is 5.94. The molecule has 0 aliphatic carbocycles. The van der Waals surface area contributed by atoms with Crippen molar-refractivity contribution in [2.24, 2.45) is 0 Å². The Morgan fingerprint density at radius 1 is 0.846 bits per heavy atom. The SMILES string of the molecule is COc1cccc(Cn2c(COc3ccccc3)nc3ccccc32)c1. The molecule has 0 unspecified atom stereocenters. The first-order chi connectivity index (χ1) is 12.8. The van der Waals surface area contributed by atoms with Crippen molar-refractivity contribution in [3.05, 3.63) is 90.3 Å². The van der Waals surface area contributed by atoms with Gasteiger partial charge in [0.05, 0.1) is 18.1 Å². The van der Waals surface area contributed by atoms with Gasteiger partial charge in [-0.05, 0) is 42.0 Å². The minimum Gasteiger partial charge on any atom is -0.497 e. The molecule has 0 saturated heterocycles. The van der Waals surface area contributed by atoms with E-state index in [0.29, 0.717) is 13.2 Å². The Morgan fingerprint density at radius 3 is 2.46 bits per heavy atom. The van der Waals surface area contributed by atoms with E-state index in [1.165, 1.54) is 0 Å². The number of fused-ring (bicyclic) bond motifs is 1. The largest absolute Gasteiger partial charge is 0.497 e. The molecule has 0 radical (unpaired) electrons. The summed E-state index contributed by atoms with van der Waals surface area (Å²) in [5.41, 5.74) is 3.23. The summed E-state index contributed by atoms with van der Waals surface area (Å²) < 4.78 is 13.5. The summed E-state index contributed by atoms with van der Waals surface area (Å²) in [5, 5.41) is 0. The molecule has 0 bridgehead atoms. The lowest BCUT2D eigenvalue weighted by Gasteiger charge is -2.11.